The second-order valence-electron chi connectivity index (χ2n) is 4.93. The van der Waals surface area contributed by atoms with Crippen molar-refractivity contribution in [2.45, 2.75) is 4.90 Å². The first-order valence-electron chi connectivity index (χ1n) is 6.86. The van der Waals surface area contributed by atoms with E-state index in [1.54, 1.807) is 24.4 Å². The maximum Gasteiger partial charge on any atom is 0.125 e. The van der Waals surface area contributed by atoms with Gasteiger partial charge in [0.15, 0.2) is 0 Å². The number of benzene rings is 2. The molecule has 0 spiro atoms. The van der Waals surface area contributed by atoms with Crippen molar-refractivity contribution >= 4 is 32.6 Å². The van der Waals surface area contributed by atoms with Crippen LogP contribution in [0.2, 0.25) is 0 Å². The smallest absolute Gasteiger partial charge is 0.125 e. The van der Waals surface area contributed by atoms with Gasteiger partial charge in [0.05, 0.1) is 20.8 Å². The highest BCUT2D eigenvalue weighted by molar-refractivity contribution is 7.98. The lowest BCUT2D eigenvalue weighted by atomic mass is 10.0. The van der Waals surface area contributed by atoms with Gasteiger partial charge in [0.1, 0.15) is 5.75 Å². The van der Waals surface area contributed by atoms with Gasteiger partial charge in [-0.15, -0.1) is 0 Å². The first kappa shape index (κ1) is 15.1. The number of phenols is 1. The molecule has 1 aromatic heterocycles. The Hall–Kier alpha value is -2.86. The van der Waals surface area contributed by atoms with Crippen LogP contribution in [0.25, 0.3) is 10.8 Å². The van der Waals surface area contributed by atoms with Crippen molar-refractivity contribution in [2.75, 3.05) is 0 Å². The molecule has 0 aliphatic carbocycles. The second-order valence-corrected chi connectivity index (χ2v) is 6.94. The molecule has 0 fully saturated rings. The molecule has 3 aromatic rings. The number of pyridine rings is 1. The number of nitrogens with one attached hydrogen (secondary N) is 1. The summed E-state index contributed by atoms with van der Waals surface area (Å²) in [6, 6.07) is 14.4. The summed E-state index contributed by atoms with van der Waals surface area (Å²) in [5.41, 5.74) is 0.553. The van der Waals surface area contributed by atoms with Gasteiger partial charge < -0.3 is 5.11 Å². The lowest BCUT2D eigenvalue weighted by Crippen LogP contribution is -2.18. The lowest BCUT2D eigenvalue weighted by Gasteiger charge is -2.08. The molecule has 2 aromatic carbocycles. The molecule has 0 bridgehead atoms. The van der Waals surface area contributed by atoms with Gasteiger partial charge >= 0.3 is 0 Å². The number of aromatic hydroxyl groups is 1. The van der Waals surface area contributed by atoms with Gasteiger partial charge in [-0.05, 0) is 34.8 Å². The molecule has 1 heterocycles. The average molecular weight is 325 g/mol. The molecule has 116 valence electrons. The van der Waals surface area contributed by atoms with Gasteiger partial charge in [-0.3, -0.25) is 4.98 Å². The molecule has 0 aliphatic heterocycles. The summed E-state index contributed by atoms with van der Waals surface area (Å²) in [7, 11) is -2.79. The van der Waals surface area contributed by atoms with Crippen LogP contribution < -0.4 is 4.83 Å². The Morgan fingerprint density at radius 2 is 2.00 bits per heavy atom. The Labute approximate surface area is 134 Å². The van der Waals surface area contributed by atoms with Gasteiger partial charge in [-0.25, -0.2) is 9.04 Å². The van der Waals surface area contributed by atoms with E-state index in [0.717, 1.165) is 10.8 Å². The van der Waals surface area contributed by atoms with E-state index < -0.39 is 9.71 Å². The van der Waals surface area contributed by atoms with Crippen LogP contribution in [0.15, 0.2) is 70.9 Å². The van der Waals surface area contributed by atoms with Crippen molar-refractivity contribution < 1.29 is 9.32 Å². The van der Waals surface area contributed by atoms with E-state index in [1.165, 1.54) is 12.4 Å². The quantitative estimate of drug-likeness (QED) is 0.440. The first-order chi connectivity index (χ1) is 11.1. The largest absolute Gasteiger partial charge is 0.507 e. The van der Waals surface area contributed by atoms with Crippen LogP contribution in [0.3, 0.4) is 0 Å². The molecule has 3 rings (SSSR count). The van der Waals surface area contributed by atoms with E-state index in [0.29, 0.717) is 10.5 Å². The summed E-state index contributed by atoms with van der Waals surface area (Å²) >= 11 is 0. The van der Waals surface area contributed by atoms with Crippen LogP contribution in [-0.2, 0) is 9.71 Å². The van der Waals surface area contributed by atoms with Gasteiger partial charge in [0.25, 0.3) is 0 Å². The zero-order chi connectivity index (χ0) is 16.3. The predicted molar refractivity (Wildman–Crippen MR) is 94.1 cm³/mol. The minimum Gasteiger partial charge on any atom is -0.507 e. The van der Waals surface area contributed by atoms with Gasteiger partial charge in [-0.2, -0.15) is 5.10 Å². The van der Waals surface area contributed by atoms with Crippen molar-refractivity contribution in [1.29, 1.82) is 0 Å². The number of phenolic OH excluding ortho intramolecular Hbond substituents is 1. The zero-order valence-electron chi connectivity index (χ0n) is 12.2. The van der Waals surface area contributed by atoms with Crippen LogP contribution in [-0.4, -0.2) is 26.4 Å². The third kappa shape index (κ3) is 3.17. The molecule has 0 aliphatic rings. The summed E-state index contributed by atoms with van der Waals surface area (Å²) in [4.78, 5) is 6.93. The fourth-order valence-electron chi connectivity index (χ4n) is 2.19. The Balaban J connectivity index is 1.91. The van der Waals surface area contributed by atoms with E-state index in [2.05, 4.69) is 20.8 Å². The second kappa shape index (κ2) is 6.10. The molecule has 1 unspecified atom stereocenters. The third-order valence-corrected chi connectivity index (χ3v) is 4.76. The minimum atomic E-state index is -2.79. The summed E-state index contributed by atoms with van der Waals surface area (Å²) in [6.45, 7) is 0. The number of nitrogens with zero attached hydrogens (tertiary/aromatic N) is 2. The van der Waals surface area contributed by atoms with E-state index in [9.17, 15) is 9.32 Å². The van der Waals surface area contributed by atoms with Crippen molar-refractivity contribution in [3.05, 3.63) is 66.5 Å². The molecular formula is C17H15N3O2S. The van der Waals surface area contributed by atoms with E-state index in [4.69, 9.17) is 0 Å². The van der Waals surface area contributed by atoms with Crippen LogP contribution in [0.4, 0.5) is 0 Å². The fraction of sp³-hybridized carbons (Fsp3) is 0. The van der Waals surface area contributed by atoms with Crippen LogP contribution in [0.1, 0.15) is 5.56 Å². The molecule has 0 radical (unpaired) electrons. The summed E-state index contributed by atoms with van der Waals surface area (Å²) in [6.07, 6.45) is 4.52. The number of aromatic nitrogens is 1. The summed E-state index contributed by atoms with van der Waals surface area (Å²) in [5, 5.41) is 15.9. The van der Waals surface area contributed by atoms with Gasteiger partial charge in [0.2, 0.25) is 0 Å². The molecule has 0 saturated carbocycles. The maximum atomic E-state index is 12.5. The normalized spacial score (nSPS) is 13.9. The van der Waals surface area contributed by atoms with Crippen molar-refractivity contribution in [3.63, 3.8) is 0 Å². The molecular weight excluding hydrogens is 310 g/mol. The van der Waals surface area contributed by atoms with Crippen molar-refractivity contribution in [3.8, 4) is 5.75 Å². The zero-order valence-corrected chi connectivity index (χ0v) is 13.0. The number of hydrazone groups is 1. The highest BCUT2D eigenvalue weighted by atomic mass is 32.2. The van der Waals surface area contributed by atoms with Crippen LogP contribution in [0, 0.1) is 0 Å². The van der Waals surface area contributed by atoms with E-state index >= 15 is 0 Å². The van der Waals surface area contributed by atoms with Crippen molar-refractivity contribution in [1.82, 2.24) is 9.82 Å². The summed E-state index contributed by atoms with van der Waals surface area (Å²) < 4.78 is 12.5. The first-order valence-corrected chi connectivity index (χ1v) is 8.58. The molecule has 1 atom stereocenters. The maximum absolute atomic E-state index is 12.5. The number of hydrogen-bond donors (Lipinski definition) is 2. The summed E-state index contributed by atoms with van der Waals surface area (Å²) in [5.74, 6) is 3.76. The highest BCUT2D eigenvalue weighted by Crippen LogP contribution is 2.25. The monoisotopic (exact) mass is 325 g/mol. The molecule has 2 N–H and O–H groups in total. The molecule has 0 amide bonds. The van der Waals surface area contributed by atoms with E-state index in [-0.39, 0.29) is 5.75 Å². The molecule has 6 heteroatoms. The Bertz CT molecular complexity index is 968. The van der Waals surface area contributed by atoms with Gasteiger partial charge in [0, 0.05) is 18.0 Å². The number of hydrogen-bond acceptors (Lipinski definition) is 4. The number of rotatable bonds is 4. The molecule has 23 heavy (non-hydrogen) atoms. The highest BCUT2D eigenvalue weighted by Gasteiger charge is 2.07. The Morgan fingerprint density at radius 1 is 1.17 bits per heavy atom. The molecule has 0 saturated heterocycles. The Kier molecular flexibility index (Phi) is 3.99. The van der Waals surface area contributed by atoms with Gasteiger partial charge in [-0.1, -0.05) is 30.3 Å². The SMILES string of the molecule is C=S(=O)(N/N=C/c1c(O)ccc2ccccc12)c1cccnc1. The third-order valence-electron chi connectivity index (χ3n) is 3.36. The van der Waals surface area contributed by atoms with Crippen molar-refractivity contribution in [2.24, 2.45) is 5.10 Å². The predicted octanol–water partition coefficient (Wildman–Crippen LogP) is 2.55. The topological polar surface area (TPSA) is 74.6 Å². The van der Waals surface area contributed by atoms with Crippen LogP contribution in [0.5, 0.6) is 5.75 Å². The molecule has 5 nitrogen and oxygen atoms in total. The fourth-order valence-corrected chi connectivity index (χ4v) is 3.05. The van der Waals surface area contributed by atoms with Crippen LogP contribution >= 0.6 is 0 Å². The van der Waals surface area contributed by atoms with E-state index in [1.807, 2.05) is 30.3 Å². The minimum absolute atomic E-state index is 0.103. The standard InChI is InChI=1S/C17H15N3O2S/c1-23(22,14-6-4-10-18-11-14)20-19-12-16-15-7-3-2-5-13(15)8-9-17(16)21/h2-12,21H,1H2,(H,20,22)/b19-12+. The number of fused-ring (bicyclic) bond motifs is 1. The lowest BCUT2D eigenvalue weighted by molar-refractivity contribution is 0.475. The Morgan fingerprint density at radius 3 is 2.78 bits per heavy atom. The average Bonchev–Trinajstić information content (AvgIpc) is 2.57.